The maximum atomic E-state index is 13.3. The van der Waals surface area contributed by atoms with Crippen LogP contribution in [-0.4, -0.2) is 68.1 Å². The van der Waals surface area contributed by atoms with Gasteiger partial charge in [-0.1, -0.05) is 30.3 Å². The first kappa shape index (κ1) is 22.6. The summed E-state index contributed by atoms with van der Waals surface area (Å²) in [5, 5.41) is 0. The van der Waals surface area contributed by atoms with E-state index in [1.165, 1.54) is 28.9 Å². The Morgan fingerprint density at radius 2 is 1.66 bits per heavy atom. The molecule has 0 aromatic heterocycles. The molecule has 2 aliphatic heterocycles. The number of ketones is 1. The molecule has 0 spiro atoms. The van der Waals surface area contributed by atoms with Crippen molar-refractivity contribution in [3.63, 3.8) is 0 Å². The van der Waals surface area contributed by atoms with Gasteiger partial charge in [-0.2, -0.15) is 4.31 Å². The average Bonchev–Trinajstić information content (AvgIpc) is 2.83. The van der Waals surface area contributed by atoms with Gasteiger partial charge in [-0.25, -0.2) is 8.42 Å². The molecule has 0 bridgehead atoms. The van der Waals surface area contributed by atoms with Crippen LogP contribution in [0.25, 0.3) is 0 Å². The molecular weight excluding hydrogens is 426 g/mol. The summed E-state index contributed by atoms with van der Waals surface area (Å²) in [5.74, 6) is -0.110. The molecule has 0 saturated carbocycles. The predicted octanol–water partition coefficient (Wildman–Crippen LogP) is 2.56. The van der Waals surface area contributed by atoms with Crippen molar-refractivity contribution in [2.45, 2.75) is 37.6 Å². The number of fused-ring (bicyclic) bond motifs is 1. The van der Waals surface area contributed by atoms with Crippen LogP contribution < -0.4 is 4.90 Å². The molecular formula is C24H29N3O4S. The number of aryl methyl sites for hydroxylation is 1. The van der Waals surface area contributed by atoms with E-state index in [9.17, 15) is 18.0 Å². The molecule has 1 atom stereocenters. The molecule has 1 fully saturated rings. The van der Waals surface area contributed by atoms with Crippen LogP contribution in [0.2, 0.25) is 0 Å². The lowest BCUT2D eigenvalue weighted by Gasteiger charge is -2.39. The fourth-order valence-electron chi connectivity index (χ4n) is 4.50. The van der Waals surface area contributed by atoms with Crippen LogP contribution in [-0.2, 0) is 21.2 Å². The van der Waals surface area contributed by atoms with Crippen LogP contribution in [0.1, 0.15) is 36.2 Å². The van der Waals surface area contributed by atoms with Gasteiger partial charge in [0.25, 0.3) is 0 Å². The molecule has 0 unspecified atom stereocenters. The average molecular weight is 456 g/mol. The summed E-state index contributed by atoms with van der Waals surface area (Å²) in [7, 11) is -3.69. The number of rotatable bonds is 5. The van der Waals surface area contributed by atoms with Crippen LogP contribution in [0.5, 0.6) is 0 Å². The molecule has 32 heavy (non-hydrogen) atoms. The summed E-state index contributed by atoms with van der Waals surface area (Å²) >= 11 is 0. The van der Waals surface area contributed by atoms with Gasteiger partial charge in [-0.05, 0) is 50.5 Å². The summed E-state index contributed by atoms with van der Waals surface area (Å²) in [6, 6.07) is 13.9. The van der Waals surface area contributed by atoms with Crippen molar-refractivity contribution >= 4 is 27.4 Å². The molecule has 0 aliphatic carbocycles. The molecule has 170 valence electrons. The molecule has 7 nitrogen and oxygen atoms in total. The fourth-order valence-corrected chi connectivity index (χ4v) is 5.97. The summed E-state index contributed by atoms with van der Waals surface area (Å²) in [5.41, 5.74) is 2.57. The minimum absolute atomic E-state index is 0.0580. The molecule has 8 heteroatoms. The third-order valence-corrected chi connectivity index (χ3v) is 8.33. The van der Waals surface area contributed by atoms with Crippen LogP contribution in [0, 0.1) is 0 Å². The van der Waals surface area contributed by atoms with Crippen molar-refractivity contribution in [2.24, 2.45) is 0 Å². The van der Waals surface area contributed by atoms with E-state index < -0.39 is 10.0 Å². The van der Waals surface area contributed by atoms with Crippen molar-refractivity contribution in [3.8, 4) is 0 Å². The zero-order valence-electron chi connectivity index (χ0n) is 18.5. The Labute approximate surface area is 189 Å². The second kappa shape index (κ2) is 9.13. The molecule has 0 N–H and O–H groups in total. The van der Waals surface area contributed by atoms with E-state index in [2.05, 4.69) is 11.0 Å². The number of amides is 1. The smallest absolute Gasteiger partial charge is 0.244 e. The van der Waals surface area contributed by atoms with E-state index in [1.807, 2.05) is 30.0 Å². The largest absolute Gasteiger partial charge is 0.311 e. The van der Waals surface area contributed by atoms with E-state index in [4.69, 9.17) is 0 Å². The Morgan fingerprint density at radius 1 is 0.938 bits per heavy atom. The van der Waals surface area contributed by atoms with Crippen molar-refractivity contribution in [1.82, 2.24) is 9.21 Å². The van der Waals surface area contributed by atoms with Crippen molar-refractivity contribution in [2.75, 3.05) is 37.6 Å². The Kier molecular flexibility index (Phi) is 6.46. The fraction of sp³-hybridized carbons (Fsp3) is 0.417. The third-order valence-electron chi connectivity index (χ3n) is 6.43. The Morgan fingerprint density at radius 3 is 2.38 bits per heavy atom. The van der Waals surface area contributed by atoms with Gasteiger partial charge in [-0.15, -0.1) is 0 Å². The van der Waals surface area contributed by atoms with Crippen molar-refractivity contribution in [3.05, 3.63) is 59.7 Å². The monoisotopic (exact) mass is 455 g/mol. The number of nitrogens with zero attached hydrogens (tertiary/aromatic N) is 3. The van der Waals surface area contributed by atoms with Crippen LogP contribution >= 0.6 is 0 Å². The minimum Gasteiger partial charge on any atom is -0.311 e. The first-order valence-electron chi connectivity index (χ1n) is 11.0. The van der Waals surface area contributed by atoms with E-state index >= 15 is 0 Å². The number of hydrogen-bond donors (Lipinski definition) is 0. The quantitative estimate of drug-likeness (QED) is 0.648. The van der Waals surface area contributed by atoms with Crippen LogP contribution in [0.3, 0.4) is 0 Å². The van der Waals surface area contributed by atoms with E-state index in [1.54, 1.807) is 12.1 Å². The number of sulfonamides is 1. The summed E-state index contributed by atoms with van der Waals surface area (Å²) in [6.07, 6.45) is 1.93. The normalized spacial score (nSPS) is 18.8. The number of para-hydroxylation sites is 1. The number of Topliss-reactive ketones (excluding diaryl/α,β-unsaturated/α-hetero) is 1. The van der Waals surface area contributed by atoms with Crippen LogP contribution in [0.15, 0.2) is 53.4 Å². The van der Waals surface area contributed by atoms with E-state index in [0.717, 1.165) is 18.5 Å². The SMILES string of the molecule is CC(=O)c1cccc(S(=O)(=O)N2CCN([C@H](C)C(=O)N3CCCc4ccccc43)CC2)c1. The first-order valence-corrected chi connectivity index (χ1v) is 12.5. The molecule has 4 rings (SSSR count). The van der Waals surface area contributed by atoms with E-state index in [0.29, 0.717) is 38.3 Å². The number of piperazine rings is 1. The highest BCUT2D eigenvalue weighted by molar-refractivity contribution is 7.89. The minimum atomic E-state index is -3.69. The lowest BCUT2D eigenvalue weighted by molar-refractivity contribution is -0.123. The van der Waals surface area contributed by atoms with Gasteiger partial charge in [0.15, 0.2) is 5.78 Å². The van der Waals surface area contributed by atoms with E-state index in [-0.39, 0.29) is 22.6 Å². The van der Waals surface area contributed by atoms with Crippen LogP contribution in [0.4, 0.5) is 5.69 Å². The Balaban J connectivity index is 1.43. The predicted molar refractivity (Wildman–Crippen MR) is 123 cm³/mol. The van der Waals surface area contributed by atoms with Gasteiger partial charge < -0.3 is 4.90 Å². The summed E-state index contributed by atoms with van der Waals surface area (Å²) in [6.45, 7) is 5.61. The summed E-state index contributed by atoms with van der Waals surface area (Å²) in [4.78, 5) is 29.0. The molecule has 0 radical (unpaired) electrons. The van der Waals surface area contributed by atoms with Gasteiger partial charge in [0.05, 0.1) is 10.9 Å². The number of hydrogen-bond acceptors (Lipinski definition) is 5. The third kappa shape index (κ3) is 4.35. The standard InChI is InChI=1S/C24H29N3O4S/c1-18(24(29)27-12-6-9-20-7-3-4-11-23(20)27)25-13-15-26(16-14-25)32(30,31)22-10-5-8-21(17-22)19(2)28/h3-5,7-8,10-11,17-18H,6,9,12-16H2,1-2H3/t18-/m1/s1. The zero-order chi connectivity index (χ0) is 22.9. The van der Waals surface area contributed by atoms with Crippen molar-refractivity contribution < 1.29 is 18.0 Å². The molecule has 1 amide bonds. The van der Waals surface area contributed by atoms with Gasteiger partial charge in [-0.3, -0.25) is 14.5 Å². The molecule has 2 aromatic carbocycles. The van der Waals surface area contributed by atoms with Gasteiger partial charge >= 0.3 is 0 Å². The van der Waals surface area contributed by atoms with Gasteiger partial charge in [0.1, 0.15) is 0 Å². The second-order valence-electron chi connectivity index (χ2n) is 8.42. The molecule has 1 saturated heterocycles. The lowest BCUT2D eigenvalue weighted by atomic mass is 10.0. The highest BCUT2D eigenvalue weighted by atomic mass is 32.2. The number of carbonyl (C=O) groups excluding carboxylic acids is 2. The highest BCUT2D eigenvalue weighted by Crippen LogP contribution is 2.28. The second-order valence-corrected chi connectivity index (χ2v) is 10.4. The Hall–Kier alpha value is -2.55. The zero-order valence-corrected chi connectivity index (χ0v) is 19.3. The lowest BCUT2D eigenvalue weighted by Crippen LogP contribution is -2.56. The van der Waals surface area contributed by atoms with Gasteiger partial charge in [0, 0.05) is 44.0 Å². The molecule has 2 aliphatic rings. The topological polar surface area (TPSA) is 78.0 Å². The van der Waals surface area contributed by atoms with Crippen molar-refractivity contribution in [1.29, 1.82) is 0 Å². The summed E-state index contributed by atoms with van der Waals surface area (Å²) < 4.78 is 27.6. The molecule has 2 heterocycles. The highest BCUT2D eigenvalue weighted by Gasteiger charge is 2.34. The maximum absolute atomic E-state index is 13.3. The maximum Gasteiger partial charge on any atom is 0.244 e. The molecule has 2 aromatic rings. The van der Waals surface area contributed by atoms with Gasteiger partial charge in [0.2, 0.25) is 15.9 Å². The number of benzene rings is 2. The first-order chi connectivity index (χ1) is 15.3. The number of carbonyl (C=O) groups is 2. The number of anilines is 1. The Bertz CT molecular complexity index is 1120.